The van der Waals surface area contributed by atoms with E-state index in [1.54, 1.807) is 26.2 Å². The van der Waals surface area contributed by atoms with E-state index in [2.05, 4.69) is 0 Å². The first-order chi connectivity index (χ1) is 13.6. The Balaban J connectivity index is 1.76. The molecule has 0 unspecified atom stereocenters. The molecule has 0 aliphatic carbocycles. The molecule has 0 radical (unpaired) electrons. The van der Waals surface area contributed by atoms with Gasteiger partial charge in [0.1, 0.15) is 5.75 Å². The number of benzene rings is 2. The molecule has 1 fully saturated rings. The minimum absolute atomic E-state index is 0.174. The molecular formula is C21H24N2O5. The van der Waals surface area contributed by atoms with Crippen molar-refractivity contribution in [2.75, 3.05) is 32.8 Å². The first-order valence-corrected chi connectivity index (χ1v) is 8.97. The standard InChI is InChI=1S/C21H24N2O5/c1-26-18-10-4-15(5-11-18)14-23-19(24)12-13-22(21(23)25)17-8-6-16(7-9-17)20(27-2)28-3/h4-11,20H,12-14H2,1-3H3. The predicted octanol–water partition coefficient (Wildman–Crippen LogP) is 3.35. The zero-order chi connectivity index (χ0) is 20.1. The van der Waals surface area contributed by atoms with Gasteiger partial charge in [-0.3, -0.25) is 14.6 Å². The number of rotatable bonds is 7. The second-order valence-electron chi connectivity index (χ2n) is 6.41. The van der Waals surface area contributed by atoms with Crippen LogP contribution < -0.4 is 9.64 Å². The number of hydrogen-bond acceptors (Lipinski definition) is 5. The molecule has 0 N–H and O–H groups in total. The third kappa shape index (κ3) is 4.16. The van der Waals surface area contributed by atoms with Crippen LogP contribution in [-0.2, 0) is 20.8 Å². The fraction of sp³-hybridized carbons (Fsp3) is 0.333. The highest BCUT2D eigenvalue weighted by Crippen LogP contribution is 2.25. The van der Waals surface area contributed by atoms with E-state index in [0.717, 1.165) is 22.6 Å². The number of carbonyl (C=O) groups is 2. The van der Waals surface area contributed by atoms with Crippen LogP contribution in [0.25, 0.3) is 0 Å². The van der Waals surface area contributed by atoms with Crippen LogP contribution in [-0.4, -0.2) is 44.7 Å². The minimum atomic E-state index is -0.459. The Morgan fingerprint density at radius 2 is 1.57 bits per heavy atom. The van der Waals surface area contributed by atoms with Gasteiger partial charge in [-0.15, -0.1) is 0 Å². The van der Waals surface area contributed by atoms with Gasteiger partial charge in [-0.05, 0) is 29.8 Å². The van der Waals surface area contributed by atoms with E-state index in [9.17, 15) is 9.59 Å². The number of hydrogen-bond donors (Lipinski definition) is 0. The molecule has 2 aromatic carbocycles. The number of urea groups is 1. The summed E-state index contributed by atoms with van der Waals surface area (Å²) in [5, 5.41) is 0. The third-order valence-corrected chi connectivity index (χ3v) is 4.72. The normalized spacial score (nSPS) is 14.7. The van der Waals surface area contributed by atoms with Crippen LogP contribution in [0.15, 0.2) is 48.5 Å². The lowest BCUT2D eigenvalue weighted by Crippen LogP contribution is -2.52. The number of methoxy groups -OCH3 is 3. The van der Waals surface area contributed by atoms with Crippen molar-refractivity contribution in [2.45, 2.75) is 19.3 Å². The predicted molar refractivity (Wildman–Crippen MR) is 104 cm³/mol. The van der Waals surface area contributed by atoms with E-state index in [4.69, 9.17) is 14.2 Å². The summed E-state index contributed by atoms with van der Waals surface area (Å²) in [4.78, 5) is 28.2. The molecule has 0 spiro atoms. The van der Waals surface area contributed by atoms with Crippen molar-refractivity contribution in [3.8, 4) is 5.75 Å². The summed E-state index contributed by atoms with van der Waals surface area (Å²) < 4.78 is 15.6. The van der Waals surface area contributed by atoms with Crippen molar-refractivity contribution < 1.29 is 23.8 Å². The smallest absolute Gasteiger partial charge is 0.331 e. The van der Waals surface area contributed by atoms with Gasteiger partial charge in [0.2, 0.25) is 5.91 Å². The first-order valence-electron chi connectivity index (χ1n) is 8.97. The third-order valence-electron chi connectivity index (χ3n) is 4.72. The van der Waals surface area contributed by atoms with Crippen LogP contribution >= 0.6 is 0 Å². The average Bonchev–Trinajstić information content (AvgIpc) is 2.73. The van der Waals surface area contributed by atoms with Crippen LogP contribution in [0.1, 0.15) is 23.8 Å². The summed E-state index contributed by atoms with van der Waals surface area (Å²) in [5.41, 5.74) is 2.44. The molecule has 0 saturated carbocycles. The summed E-state index contributed by atoms with van der Waals surface area (Å²) in [6.07, 6.45) is -0.179. The van der Waals surface area contributed by atoms with Crippen LogP contribution in [0.5, 0.6) is 5.75 Å². The minimum Gasteiger partial charge on any atom is -0.497 e. The monoisotopic (exact) mass is 384 g/mol. The number of nitrogens with zero attached hydrogens (tertiary/aromatic N) is 2. The van der Waals surface area contributed by atoms with Gasteiger partial charge in [-0.2, -0.15) is 0 Å². The average molecular weight is 384 g/mol. The Morgan fingerprint density at radius 3 is 2.14 bits per heavy atom. The van der Waals surface area contributed by atoms with Gasteiger partial charge in [-0.1, -0.05) is 24.3 Å². The molecule has 1 saturated heterocycles. The molecule has 0 aromatic heterocycles. The van der Waals surface area contributed by atoms with Crippen LogP contribution in [0.4, 0.5) is 10.5 Å². The second-order valence-corrected chi connectivity index (χ2v) is 6.41. The molecule has 0 atom stereocenters. The quantitative estimate of drug-likeness (QED) is 0.685. The number of ether oxygens (including phenoxy) is 3. The Morgan fingerprint density at radius 1 is 0.929 bits per heavy atom. The Labute approximate surface area is 164 Å². The SMILES string of the molecule is COc1ccc(CN2C(=O)CCN(c3ccc(C(OC)OC)cc3)C2=O)cc1. The highest BCUT2D eigenvalue weighted by molar-refractivity contribution is 6.05. The molecule has 0 bridgehead atoms. The van der Waals surface area contributed by atoms with E-state index < -0.39 is 6.29 Å². The molecule has 3 amide bonds. The molecule has 3 rings (SSSR count). The number of amides is 3. The second kappa shape index (κ2) is 8.86. The first kappa shape index (κ1) is 19.9. The maximum atomic E-state index is 13.0. The van der Waals surface area contributed by atoms with Crippen molar-refractivity contribution in [3.05, 3.63) is 59.7 Å². The fourth-order valence-corrected chi connectivity index (χ4v) is 3.18. The zero-order valence-electron chi connectivity index (χ0n) is 16.3. The molecule has 148 valence electrons. The summed E-state index contributed by atoms with van der Waals surface area (Å²) in [6, 6.07) is 14.4. The number of anilines is 1. The van der Waals surface area contributed by atoms with Gasteiger partial charge in [0.05, 0.1) is 13.7 Å². The summed E-state index contributed by atoms with van der Waals surface area (Å²) >= 11 is 0. The van der Waals surface area contributed by atoms with E-state index in [0.29, 0.717) is 6.54 Å². The summed E-state index contributed by atoms with van der Waals surface area (Å²) in [6.45, 7) is 0.583. The van der Waals surface area contributed by atoms with Crippen LogP contribution in [0, 0.1) is 0 Å². The van der Waals surface area contributed by atoms with Crippen molar-refractivity contribution in [3.63, 3.8) is 0 Å². The van der Waals surface area contributed by atoms with Gasteiger partial charge >= 0.3 is 6.03 Å². The van der Waals surface area contributed by atoms with E-state index >= 15 is 0 Å². The molecular weight excluding hydrogens is 360 g/mol. The lowest BCUT2D eigenvalue weighted by atomic mass is 10.1. The highest BCUT2D eigenvalue weighted by Gasteiger charge is 2.32. The summed E-state index contributed by atoms with van der Waals surface area (Å²) in [7, 11) is 4.73. The Bertz CT molecular complexity index is 816. The van der Waals surface area contributed by atoms with Gasteiger partial charge in [-0.25, -0.2) is 4.79 Å². The molecule has 2 aromatic rings. The van der Waals surface area contributed by atoms with Crippen molar-refractivity contribution in [1.82, 2.24) is 4.90 Å². The maximum Gasteiger partial charge on any atom is 0.331 e. The Hall–Kier alpha value is -2.90. The zero-order valence-corrected chi connectivity index (χ0v) is 16.3. The fourth-order valence-electron chi connectivity index (χ4n) is 3.18. The molecule has 7 heteroatoms. The number of carbonyl (C=O) groups excluding carboxylic acids is 2. The molecule has 1 aliphatic rings. The number of imide groups is 1. The van der Waals surface area contributed by atoms with E-state index in [1.165, 1.54) is 4.90 Å². The largest absolute Gasteiger partial charge is 0.497 e. The molecule has 1 heterocycles. The Kier molecular flexibility index (Phi) is 6.28. The lowest BCUT2D eigenvalue weighted by Gasteiger charge is -2.34. The van der Waals surface area contributed by atoms with Crippen molar-refractivity contribution in [2.24, 2.45) is 0 Å². The highest BCUT2D eigenvalue weighted by atomic mass is 16.7. The van der Waals surface area contributed by atoms with Crippen molar-refractivity contribution in [1.29, 1.82) is 0 Å². The van der Waals surface area contributed by atoms with Gasteiger partial charge in [0.15, 0.2) is 6.29 Å². The topological polar surface area (TPSA) is 68.3 Å². The van der Waals surface area contributed by atoms with Gasteiger partial charge < -0.3 is 14.2 Å². The molecule has 1 aliphatic heterocycles. The van der Waals surface area contributed by atoms with Gasteiger partial charge in [0.25, 0.3) is 0 Å². The van der Waals surface area contributed by atoms with Crippen molar-refractivity contribution >= 4 is 17.6 Å². The maximum absolute atomic E-state index is 13.0. The van der Waals surface area contributed by atoms with E-state index in [1.807, 2.05) is 48.5 Å². The van der Waals surface area contributed by atoms with Crippen LogP contribution in [0.2, 0.25) is 0 Å². The lowest BCUT2D eigenvalue weighted by molar-refractivity contribution is -0.129. The van der Waals surface area contributed by atoms with Gasteiger partial charge in [0, 0.05) is 38.4 Å². The summed E-state index contributed by atoms with van der Waals surface area (Å²) in [5.74, 6) is 0.555. The van der Waals surface area contributed by atoms with E-state index in [-0.39, 0.29) is 24.9 Å². The molecule has 7 nitrogen and oxygen atoms in total. The molecule has 28 heavy (non-hydrogen) atoms. The van der Waals surface area contributed by atoms with Crippen LogP contribution in [0.3, 0.4) is 0 Å².